The Balaban J connectivity index is 1.56. The summed E-state index contributed by atoms with van der Waals surface area (Å²) >= 11 is 0. The van der Waals surface area contributed by atoms with Crippen LogP contribution in [0.15, 0.2) is 47.4 Å². The largest absolute Gasteiger partial charge is 0.448 e. The Kier molecular flexibility index (Phi) is 4.34. The zero-order valence-corrected chi connectivity index (χ0v) is 15.8. The van der Waals surface area contributed by atoms with E-state index in [0.717, 1.165) is 31.9 Å². The highest BCUT2D eigenvalue weighted by Gasteiger charge is 2.42. The maximum Gasteiger partial charge on any atom is 0.256 e. The highest BCUT2D eigenvalue weighted by molar-refractivity contribution is 7.90. The monoisotopic (exact) mass is 387 g/mol. The van der Waals surface area contributed by atoms with Gasteiger partial charge in [-0.25, -0.2) is 8.42 Å². The molecule has 2 aromatic carbocycles. The predicted molar refractivity (Wildman–Crippen MR) is 101 cm³/mol. The number of carbonyl (C=O) groups excluding carboxylic acids is 1. The second-order valence-corrected chi connectivity index (χ2v) is 9.04. The summed E-state index contributed by atoms with van der Waals surface area (Å²) in [5.74, 6) is 0.214. The average molecular weight is 387 g/mol. The van der Waals surface area contributed by atoms with Gasteiger partial charge in [0.1, 0.15) is 0 Å². The van der Waals surface area contributed by atoms with Gasteiger partial charge in [-0.1, -0.05) is 18.6 Å². The Morgan fingerprint density at radius 3 is 2.44 bits per heavy atom. The van der Waals surface area contributed by atoms with Crippen molar-refractivity contribution in [3.63, 3.8) is 0 Å². The third-order valence-corrected chi connectivity index (χ3v) is 6.09. The van der Waals surface area contributed by atoms with E-state index in [-0.39, 0.29) is 10.5 Å². The Morgan fingerprint density at radius 1 is 1.00 bits per heavy atom. The van der Waals surface area contributed by atoms with Gasteiger partial charge >= 0.3 is 0 Å². The molecule has 0 saturated heterocycles. The number of amides is 1. The molecule has 1 N–H and O–H groups in total. The average Bonchev–Trinajstić information content (AvgIpc) is 2.98. The first kappa shape index (κ1) is 17.9. The maximum absolute atomic E-state index is 12.6. The number of hydrogen-bond donors (Lipinski definition) is 1. The SMILES string of the molecule is CS(=O)(=O)c1ccccc1C(=O)Nc1ccc2c(c1)OC1(CCCCC1)O2. The first-order valence-electron chi connectivity index (χ1n) is 8.99. The van der Waals surface area contributed by atoms with Crippen LogP contribution in [0.5, 0.6) is 11.5 Å². The molecular weight excluding hydrogens is 366 g/mol. The van der Waals surface area contributed by atoms with Crippen LogP contribution in [-0.4, -0.2) is 26.4 Å². The predicted octanol–water partition coefficient (Wildman–Crippen LogP) is 3.77. The fourth-order valence-corrected chi connectivity index (χ4v) is 4.53. The topological polar surface area (TPSA) is 81.7 Å². The van der Waals surface area contributed by atoms with Gasteiger partial charge in [-0.15, -0.1) is 0 Å². The van der Waals surface area contributed by atoms with Gasteiger partial charge in [0.25, 0.3) is 11.7 Å². The summed E-state index contributed by atoms with van der Waals surface area (Å²) in [5.41, 5.74) is 0.639. The first-order valence-corrected chi connectivity index (χ1v) is 10.9. The minimum Gasteiger partial charge on any atom is -0.448 e. The van der Waals surface area contributed by atoms with Crippen LogP contribution in [0.3, 0.4) is 0 Å². The molecule has 0 aromatic heterocycles. The Hall–Kier alpha value is -2.54. The Bertz CT molecular complexity index is 993. The van der Waals surface area contributed by atoms with Gasteiger partial charge in [0.2, 0.25) is 0 Å². The number of fused-ring (bicyclic) bond motifs is 1. The smallest absolute Gasteiger partial charge is 0.256 e. The van der Waals surface area contributed by atoms with Crippen molar-refractivity contribution in [2.75, 3.05) is 11.6 Å². The van der Waals surface area contributed by atoms with Gasteiger partial charge in [0.15, 0.2) is 21.3 Å². The van der Waals surface area contributed by atoms with Crippen molar-refractivity contribution in [3.8, 4) is 11.5 Å². The standard InChI is InChI=1S/C20H21NO5S/c1-27(23,24)18-8-4-3-7-15(18)19(22)21-14-9-10-16-17(13-14)26-20(25-16)11-5-2-6-12-20/h3-4,7-10,13H,2,5-6,11-12H2,1H3,(H,21,22). The molecule has 1 saturated carbocycles. The number of sulfone groups is 1. The number of hydrogen-bond acceptors (Lipinski definition) is 5. The summed E-state index contributed by atoms with van der Waals surface area (Å²) in [7, 11) is -3.50. The molecule has 1 fully saturated rings. The Morgan fingerprint density at radius 2 is 1.70 bits per heavy atom. The van der Waals surface area contributed by atoms with Crippen LogP contribution in [0.25, 0.3) is 0 Å². The van der Waals surface area contributed by atoms with E-state index < -0.39 is 21.5 Å². The van der Waals surface area contributed by atoms with Crippen molar-refractivity contribution in [2.24, 2.45) is 0 Å². The third-order valence-electron chi connectivity index (χ3n) is 4.94. The fraction of sp³-hybridized carbons (Fsp3) is 0.350. The summed E-state index contributed by atoms with van der Waals surface area (Å²) in [5, 5.41) is 2.75. The Labute approximate surface area is 158 Å². The molecular formula is C20H21NO5S. The van der Waals surface area contributed by atoms with Crippen LogP contribution < -0.4 is 14.8 Å². The van der Waals surface area contributed by atoms with Crippen LogP contribution in [0, 0.1) is 0 Å². The molecule has 27 heavy (non-hydrogen) atoms. The van der Waals surface area contributed by atoms with Crippen LogP contribution in [0.2, 0.25) is 0 Å². The van der Waals surface area contributed by atoms with E-state index in [1.165, 1.54) is 18.6 Å². The molecule has 1 heterocycles. The summed E-state index contributed by atoms with van der Waals surface area (Å²) < 4.78 is 35.9. The van der Waals surface area contributed by atoms with Gasteiger partial charge in [0.05, 0.1) is 10.5 Å². The minimum absolute atomic E-state index is 0.00408. The van der Waals surface area contributed by atoms with E-state index >= 15 is 0 Å². The second kappa shape index (κ2) is 6.56. The normalized spacial score (nSPS) is 17.7. The third kappa shape index (κ3) is 3.51. The van der Waals surface area contributed by atoms with Gasteiger partial charge in [0, 0.05) is 30.9 Å². The molecule has 0 radical (unpaired) electrons. The maximum atomic E-state index is 12.6. The van der Waals surface area contributed by atoms with E-state index in [1.807, 2.05) is 0 Å². The van der Waals surface area contributed by atoms with Crippen LogP contribution >= 0.6 is 0 Å². The van der Waals surface area contributed by atoms with Gasteiger partial charge in [-0.3, -0.25) is 4.79 Å². The molecule has 142 valence electrons. The van der Waals surface area contributed by atoms with Crippen molar-refractivity contribution >= 4 is 21.4 Å². The number of benzene rings is 2. The van der Waals surface area contributed by atoms with Crippen LogP contribution in [0.1, 0.15) is 42.5 Å². The van der Waals surface area contributed by atoms with Crippen molar-refractivity contribution in [2.45, 2.75) is 42.8 Å². The van der Waals surface area contributed by atoms with E-state index in [4.69, 9.17) is 9.47 Å². The highest BCUT2D eigenvalue weighted by atomic mass is 32.2. The molecule has 0 atom stereocenters. The van der Waals surface area contributed by atoms with Crippen molar-refractivity contribution in [1.82, 2.24) is 0 Å². The zero-order chi connectivity index (χ0) is 19.1. The summed E-state index contributed by atoms with van der Waals surface area (Å²) in [6.45, 7) is 0. The number of rotatable bonds is 3. The molecule has 1 amide bonds. The van der Waals surface area contributed by atoms with E-state index in [1.54, 1.807) is 30.3 Å². The molecule has 4 rings (SSSR count). The molecule has 2 aliphatic rings. The minimum atomic E-state index is -3.50. The van der Waals surface area contributed by atoms with Gasteiger partial charge in [-0.2, -0.15) is 0 Å². The lowest BCUT2D eigenvalue weighted by Crippen LogP contribution is -2.40. The summed E-state index contributed by atoms with van der Waals surface area (Å²) in [6, 6.07) is 11.4. The molecule has 7 heteroatoms. The molecule has 1 spiro atoms. The molecule has 2 aromatic rings. The highest BCUT2D eigenvalue weighted by Crippen LogP contribution is 2.46. The molecule has 1 aliphatic carbocycles. The van der Waals surface area contributed by atoms with Crippen LogP contribution in [-0.2, 0) is 9.84 Å². The molecule has 6 nitrogen and oxygen atoms in total. The van der Waals surface area contributed by atoms with E-state index in [2.05, 4.69) is 5.32 Å². The summed E-state index contributed by atoms with van der Waals surface area (Å²) in [6.07, 6.45) is 6.12. The number of ether oxygens (including phenoxy) is 2. The lowest BCUT2D eigenvalue weighted by Gasteiger charge is -2.31. The lowest BCUT2D eigenvalue weighted by molar-refractivity contribution is -0.105. The van der Waals surface area contributed by atoms with Crippen molar-refractivity contribution < 1.29 is 22.7 Å². The summed E-state index contributed by atoms with van der Waals surface area (Å²) in [4.78, 5) is 12.6. The zero-order valence-electron chi connectivity index (χ0n) is 15.0. The quantitative estimate of drug-likeness (QED) is 0.867. The molecule has 0 bridgehead atoms. The fourth-order valence-electron chi connectivity index (χ4n) is 3.64. The number of carbonyl (C=O) groups is 1. The van der Waals surface area contributed by atoms with Gasteiger partial charge < -0.3 is 14.8 Å². The molecule has 0 unspecified atom stereocenters. The van der Waals surface area contributed by atoms with E-state index in [0.29, 0.717) is 17.2 Å². The van der Waals surface area contributed by atoms with Crippen LogP contribution in [0.4, 0.5) is 5.69 Å². The van der Waals surface area contributed by atoms with E-state index in [9.17, 15) is 13.2 Å². The number of nitrogens with one attached hydrogen (secondary N) is 1. The van der Waals surface area contributed by atoms with Crippen molar-refractivity contribution in [3.05, 3.63) is 48.0 Å². The lowest BCUT2D eigenvalue weighted by atomic mass is 9.94. The molecule has 1 aliphatic heterocycles. The second-order valence-electron chi connectivity index (χ2n) is 7.06. The van der Waals surface area contributed by atoms with Gasteiger partial charge in [-0.05, 0) is 37.1 Å². The first-order chi connectivity index (χ1) is 12.9. The number of anilines is 1. The van der Waals surface area contributed by atoms with Crippen molar-refractivity contribution in [1.29, 1.82) is 0 Å².